The van der Waals surface area contributed by atoms with E-state index in [0.29, 0.717) is 12.2 Å². The number of aryl methyl sites for hydroxylation is 1. The molecule has 4 rings (SSSR count). The van der Waals surface area contributed by atoms with Crippen molar-refractivity contribution in [2.45, 2.75) is 50.0 Å². The lowest BCUT2D eigenvalue weighted by molar-refractivity contribution is 0.102. The Hall–Kier alpha value is -3.05. The molecular weight excluding hydrogens is 432 g/mol. The van der Waals surface area contributed by atoms with Gasteiger partial charge >= 0.3 is 6.01 Å². The van der Waals surface area contributed by atoms with Gasteiger partial charge in [0.2, 0.25) is 10.0 Å². The topological polar surface area (TPSA) is 123 Å². The molecule has 10 nitrogen and oxygen atoms in total. The average molecular weight is 459 g/mol. The predicted octanol–water partition coefficient (Wildman–Crippen LogP) is 3.07. The van der Waals surface area contributed by atoms with E-state index in [4.69, 9.17) is 4.42 Å². The van der Waals surface area contributed by atoms with Crippen LogP contribution in [0, 0.1) is 0 Å². The van der Waals surface area contributed by atoms with E-state index in [1.165, 1.54) is 24.3 Å². The van der Waals surface area contributed by atoms with Crippen molar-refractivity contribution in [1.29, 1.82) is 0 Å². The van der Waals surface area contributed by atoms with Gasteiger partial charge in [-0.3, -0.25) is 14.8 Å². The standard InChI is InChI=1S/C21H26N6O4S/c1-3-27(16-7-5-4-6-8-16)32(29,30)17-11-9-15(10-12-17)19(28)22-21-24-23-20(31-21)18-13-14-26(2)25-18/h9-14,16H,3-8H2,1-2H3,(H,22,24,28). The second kappa shape index (κ2) is 9.21. The maximum Gasteiger partial charge on any atom is 0.322 e. The van der Waals surface area contributed by atoms with Crippen molar-refractivity contribution < 1.29 is 17.6 Å². The van der Waals surface area contributed by atoms with Crippen LogP contribution in [0.4, 0.5) is 6.01 Å². The molecule has 2 aromatic heterocycles. The quantitative estimate of drug-likeness (QED) is 0.577. The third-order valence-electron chi connectivity index (χ3n) is 5.59. The number of carbonyl (C=O) groups is 1. The van der Waals surface area contributed by atoms with E-state index in [1.54, 1.807) is 28.3 Å². The fraction of sp³-hybridized carbons (Fsp3) is 0.429. The summed E-state index contributed by atoms with van der Waals surface area (Å²) in [7, 11) is -1.86. The molecule has 0 aliphatic heterocycles. The number of aromatic nitrogens is 4. The van der Waals surface area contributed by atoms with Gasteiger partial charge < -0.3 is 4.42 Å². The third kappa shape index (κ3) is 4.58. The largest absolute Gasteiger partial charge is 0.401 e. The molecule has 1 aliphatic rings. The second-order valence-corrected chi connectivity index (χ2v) is 9.66. The molecule has 1 fully saturated rings. The minimum absolute atomic E-state index is 0.0348. The first-order valence-electron chi connectivity index (χ1n) is 10.7. The minimum atomic E-state index is -3.63. The molecule has 0 atom stereocenters. The lowest BCUT2D eigenvalue weighted by Gasteiger charge is -2.32. The lowest BCUT2D eigenvalue weighted by Crippen LogP contribution is -2.41. The highest BCUT2D eigenvalue weighted by atomic mass is 32.2. The van der Waals surface area contributed by atoms with Gasteiger partial charge in [0.15, 0.2) is 0 Å². The molecule has 1 saturated carbocycles. The van der Waals surface area contributed by atoms with Gasteiger partial charge in [0.05, 0.1) is 4.90 Å². The fourth-order valence-electron chi connectivity index (χ4n) is 3.98. The molecule has 1 aliphatic carbocycles. The van der Waals surface area contributed by atoms with Gasteiger partial charge in [-0.2, -0.15) is 9.40 Å². The first kappa shape index (κ1) is 22.2. The van der Waals surface area contributed by atoms with Crippen molar-refractivity contribution in [3.8, 4) is 11.6 Å². The van der Waals surface area contributed by atoms with E-state index in [0.717, 1.165) is 32.1 Å². The molecule has 0 radical (unpaired) electrons. The Bertz CT molecular complexity index is 1180. The summed E-state index contributed by atoms with van der Waals surface area (Å²) in [6.45, 7) is 2.28. The van der Waals surface area contributed by atoms with Crippen LogP contribution in [0.5, 0.6) is 0 Å². The molecule has 1 N–H and O–H groups in total. The van der Waals surface area contributed by atoms with Crippen LogP contribution >= 0.6 is 0 Å². The molecule has 11 heteroatoms. The van der Waals surface area contributed by atoms with Gasteiger partial charge in [-0.25, -0.2) is 8.42 Å². The van der Waals surface area contributed by atoms with Crippen molar-refractivity contribution in [3.05, 3.63) is 42.1 Å². The summed E-state index contributed by atoms with van der Waals surface area (Å²) in [4.78, 5) is 12.7. The van der Waals surface area contributed by atoms with Gasteiger partial charge in [0, 0.05) is 31.4 Å². The summed E-state index contributed by atoms with van der Waals surface area (Å²) in [5, 5.41) is 14.4. The Balaban J connectivity index is 1.46. The lowest BCUT2D eigenvalue weighted by atomic mass is 9.95. The molecule has 0 saturated heterocycles. The van der Waals surface area contributed by atoms with E-state index < -0.39 is 15.9 Å². The molecule has 170 valence electrons. The SMILES string of the molecule is CCN(C1CCCCC1)S(=O)(=O)c1ccc(C(=O)Nc2nnc(-c3ccn(C)n3)o2)cc1. The number of rotatable bonds is 7. The van der Waals surface area contributed by atoms with Crippen molar-refractivity contribution in [3.63, 3.8) is 0 Å². The number of anilines is 1. The van der Waals surface area contributed by atoms with Gasteiger partial charge in [0.25, 0.3) is 11.8 Å². The highest BCUT2D eigenvalue weighted by molar-refractivity contribution is 7.89. The highest BCUT2D eigenvalue weighted by Crippen LogP contribution is 2.28. The van der Waals surface area contributed by atoms with Crippen LogP contribution in [-0.2, 0) is 17.1 Å². The van der Waals surface area contributed by atoms with Crippen LogP contribution in [0.15, 0.2) is 45.8 Å². The zero-order valence-corrected chi connectivity index (χ0v) is 18.9. The zero-order valence-electron chi connectivity index (χ0n) is 18.1. The molecular formula is C21H26N6O4S. The fourth-order valence-corrected chi connectivity index (χ4v) is 5.68. The summed E-state index contributed by atoms with van der Waals surface area (Å²) < 4.78 is 34.9. The molecule has 0 unspecified atom stereocenters. The Kier molecular flexibility index (Phi) is 6.38. The number of nitrogens with zero attached hydrogens (tertiary/aromatic N) is 5. The number of benzene rings is 1. The van der Waals surface area contributed by atoms with Gasteiger partial charge in [0.1, 0.15) is 5.69 Å². The normalized spacial score (nSPS) is 15.2. The average Bonchev–Trinajstić information content (AvgIpc) is 3.44. The molecule has 0 spiro atoms. The monoisotopic (exact) mass is 458 g/mol. The summed E-state index contributed by atoms with van der Waals surface area (Å²) in [6.07, 6.45) is 6.76. The van der Waals surface area contributed by atoms with Crippen LogP contribution in [0.3, 0.4) is 0 Å². The maximum absolute atomic E-state index is 13.2. The minimum Gasteiger partial charge on any atom is -0.401 e. The third-order valence-corrected chi connectivity index (χ3v) is 7.64. The predicted molar refractivity (Wildman–Crippen MR) is 117 cm³/mol. The summed E-state index contributed by atoms with van der Waals surface area (Å²) in [6, 6.07) is 7.56. The first-order valence-corrected chi connectivity index (χ1v) is 12.1. The van der Waals surface area contributed by atoms with Crippen LogP contribution in [0.2, 0.25) is 0 Å². The number of hydrogen-bond donors (Lipinski definition) is 1. The van der Waals surface area contributed by atoms with Crippen molar-refractivity contribution in [2.24, 2.45) is 7.05 Å². The Morgan fingerprint density at radius 1 is 1.16 bits per heavy atom. The molecule has 1 aromatic carbocycles. The second-order valence-electron chi connectivity index (χ2n) is 7.77. The number of carbonyl (C=O) groups excluding carboxylic acids is 1. The van der Waals surface area contributed by atoms with E-state index in [9.17, 15) is 13.2 Å². The Labute approximate surface area is 186 Å². The van der Waals surface area contributed by atoms with Crippen molar-refractivity contribution in [1.82, 2.24) is 24.3 Å². The number of sulfonamides is 1. The smallest absolute Gasteiger partial charge is 0.322 e. The van der Waals surface area contributed by atoms with Crippen molar-refractivity contribution in [2.75, 3.05) is 11.9 Å². The van der Waals surface area contributed by atoms with Crippen LogP contribution in [0.25, 0.3) is 11.6 Å². The molecule has 2 heterocycles. The van der Waals surface area contributed by atoms with E-state index in [1.807, 2.05) is 6.92 Å². The van der Waals surface area contributed by atoms with E-state index in [2.05, 4.69) is 20.6 Å². The molecule has 0 bridgehead atoms. The summed E-state index contributed by atoms with van der Waals surface area (Å²) >= 11 is 0. The van der Waals surface area contributed by atoms with Crippen molar-refractivity contribution >= 4 is 21.9 Å². The zero-order chi connectivity index (χ0) is 22.7. The van der Waals surface area contributed by atoms with Crippen LogP contribution in [-0.4, -0.2) is 51.2 Å². The Morgan fingerprint density at radius 3 is 2.50 bits per heavy atom. The van der Waals surface area contributed by atoms with Crippen LogP contribution < -0.4 is 5.32 Å². The number of nitrogens with one attached hydrogen (secondary N) is 1. The number of amides is 1. The summed E-state index contributed by atoms with van der Waals surface area (Å²) in [5.41, 5.74) is 0.774. The molecule has 32 heavy (non-hydrogen) atoms. The maximum atomic E-state index is 13.2. The molecule has 3 aromatic rings. The van der Waals surface area contributed by atoms with E-state index >= 15 is 0 Å². The molecule has 1 amide bonds. The first-order chi connectivity index (χ1) is 15.4. The van der Waals surface area contributed by atoms with Gasteiger partial charge in [-0.05, 0) is 43.2 Å². The van der Waals surface area contributed by atoms with E-state index in [-0.39, 0.29) is 28.4 Å². The van der Waals surface area contributed by atoms with Crippen LogP contribution in [0.1, 0.15) is 49.4 Å². The highest BCUT2D eigenvalue weighted by Gasteiger charge is 2.31. The van der Waals surface area contributed by atoms with Gasteiger partial charge in [-0.1, -0.05) is 31.3 Å². The Morgan fingerprint density at radius 2 is 1.88 bits per heavy atom. The summed E-state index contributed by atoms with van der Waals surface area (Å²) in [5.74, 6) is -0.297. The number of hydrogen-bond acceptors (Lipinski definition) is 7. The van der Waals surface area contributed by atoms with Gasteiger partial charge in [-0.15, -0.1) is 5.10 Å².